The van der Waals surface area contributed by atoms with Crippen molar-refractivity contribution in [2.24, 2.45) is 4.99 Å². The summed E-state index contributed by atoms with van der Waals surface area (Å²) >= 11 is 0. The number of aromatic nitrogens is 3. The van der Waals surface area contributed by atoms with E-state index in [-0.39, 0.29) is 0 Å². The Balaban J connectivity index is 1.75. The van der Waals surface area contributed by atoms with Gasteiger partial charge in [-0.25, -0.2) is 0 Å². The first kappa shape index (κ1) is 13.0. The summed E-state index contributed by atoms with van der Waals surface area (Å²) in [5.41, 5.74) is 5.70. The summed E-state index contributed by atoms with van der Waals surface area (Å²) in [6.07, 6.45) is 9.92. The van der Waals surface area contributed by atoms with Crippen LogP contribution in [0, 0.1) is 0 Å². The van der Waals surface area contributed by atoms with E-state index in [0.29, 0.717) is 0 Å². The molecule has 0 spiro atoms. The minimum atomic E-state index is 0.891. The molecular formula is C18H16N4. The molecule has 0 bridgehead atoms. The van der Waals surface area contributed by atoms with E-state index >= 15 is 0 Å². The minimum Gasteiger partial charge on any atom is -0.284 e. The molecule has 0 unspecified atom stereocenters. The highest BCUT2D eigenvalue weighted by molar-refractivity contribution is 6.15. The first-order chi connectivity index (χ1) is 10.9. The number of rotatable bonds is 2. The third-order valence-electron chi connectivity index (χ3n) is 3.92. The van der Waals surface area contributed by atoms with Gasteiger partial charge in [0, 0.05) is 29.9 Å². The molecule has 0 saturated heterocycles. The number of aromatic amines is 1. The zero-order valence-electron chi connectivity index (χ0n) is 12.2. The number of H-pyrrole nitrogens is 1. The van der Waals surface area contributed by atoms with Crippen molar-refractivity contribution in [3.63, 3.8) is 0 Å². The number of allylic oxidation sites excluding steroid dienone is 1. The molecule has 1 aromatic carbocycles. The summed E-state index contributed by atoms with van der Waals surface area (Å²) in [4.78, 5) is 8.93. The lowest BCUT2D eigenvalue weighted by Crippen LogP contribution is -2.11. The van der Waals surface area contributed by atoms with Gasteiger partial charge in [0.05, 0.1) is 17.4 Å². The normalized spacial score (nSPS) is 16.9. The van der Waals surface area contributed by atoms with Crippen molar-refractivity contribution in [3.05, 3.63) is 65.6 Å². The third-order valence-corrected chi connectivity index (χ3v) is 3.92. The molecule has 3 aromatic rings. The van der Waals surface area contributed by atoms with Crippen LogP contribution < -0.4 is 0 Å². The molecule has 0 saturated carbocycles. The lowest BCUT2D eigenvalue weighted by atomic mass is 9.94. The Bertz CT molecular complexity index is 859. The van der Waals surface area contributed by atoms with Crippen molar-refractivity contribution < 1.29 is 0 Å². The Kier molecular flexibility index (Phi) is 3.27. The van der Waals surface area contributed by atoms with Gasteiger partial charge in [-0.05, 0) is 54.3 Å². The van der Waals surface area contributed by atoms with Gasteiger partial charge in [-0.1, -0.05) is 6.07 Å². The molecule has 1 aliphatic heterocycles. The molecule has 2 aromatic heterocycles. The van der Waals surface area contributed by atoms with E-state index in [2.05, 4.69) is 45.5 Å². The lowest BCUT2D eigenvalue weighted by molar-refractivity contribution is 0.818. The molecule has 1 aliphatic rings. The number of benzene rings is 1. The molecule has 4 nitrogen and oxygen atoms in total. The van der Waals surface area contributed by atoms with Crippen LogP contribution in [0.15, 0.2) is 59.5 Å². The van der Waals surface area contributed by atoms with Gasteiger partial charge >= 0.3 is 0 Å². The van der Waals surface area contributed by atoms with Crippen molar-refractivity contribution in [3.8, 4) is 0 Å². The van der Waals surface area contributed by atoms with Gasteiger partial charge in [0.25, 0.3) is 0 Å². The standard InChI is InChI=1S/C18H16N4/c1-4-15(11-19-7-1)18-14(3-2-8-20-18)9-13-5-6-17-16(10-13)12-21-22-17/h1,4-7,9-12H,2-3,8H2,(H,21,22). The van der Waals surface area contributed by atoms with Crippen LogP contribution in [0.3, 0.4) is 0 Å². The maximum Gasteiger partial charge on any atom is 0.0694 e. The van der Waals surface area contributed by atoms with Crippen molar-refractivity contribution in [2.75, 3.05) is 6.54 Å². The zero-order valence-corrected chi connectivity index (χ0v) is 12.2. The van der Waals surface area contributed by atoms with Gasteiger partial charge < -0.3 is 0 Å². The summed E-state index contributed by atoms with van der Waals surface area (Å²) in [5.74, 6) is 0. The first-order valence-electron chi connectivity index (χ1n) is 7.49. The molecule has 0 fully saturated rings. The second-order valence-corrected chi connectivity index (χ2v) is 5.46. The second-order valence-electron chi connectivity index (χ2n) is 5.46. The SMILES string of the molecule is C(=C1CCCN=C1c1cccnc1)c1ccc2[nH]ncc2c1. The topological polar surface area (TPSA) is 53.9 Å². The van der Waals surface area contributed by atoms with Crippen molar-refractivity contribution in [1.29, 1.82) is 0 Å². The van der Waals surface area contributed by atoms with E-state index in [9.17, 15) is 0 Å². The highest BCUT2D eigenvalue weighted by atomic mass is 15.1. The van der Waals surface area contributed by atoms with Crippen LogP contribution in [0.4, 0.5) is 0 Å². The van der Waals surface area contributed by atoms with Crippen molar-refractivity contribution >= 4 is 22.7 Å². The average molecular weight is 288 g/mol. The molecular weight excluding hydrogens is 272 g/mol. The van der Waals surface area contributed by atoms with Crippen LogP contribution in [-0.2, 0) is 0 Å². The molecule has 0 atom stereocenters. The zero-order chi connectivity index (χ0) is 14.8. The fraction of sp³-hybridized carbons (Fsp3) is 0.167. The monoisotopic (exact) mass is 288 g/mol. The van der Waals surface area contributed by atoms with E-state index in [0.717, 1.165) is 41.6 Å². The van der Waals surface area contributed by atoms with Crippen LogP contribution in [0.1, 0.15) is 24.0 Å². The number of hydrogen-bond acceptors (Lipinski definition) is 3. The third kappa shape index (κ3) is 2.44. The maximum atomic E-state index is 4.72. The highest BCUT2D eigenvalue weighted by Crippen LogP contribution is 2.23. The van der Waals surface area contributed by atoms with Gasteiger partial charge in [-0.2, -0.15) is 5.10 Å². The largest absolute Gasteiger partial charge is 0.284 e. The Morgan fingerprint density at radius 2 is 2.14 bits per heavy atom. The van der Waals surface area contributed by atoms with E-state index in [4.69, 9.17) is 4.99 Å². The summed E-state index contributed by atoms with van der Waals surface area (Å²) in [6, 6.07) is 10.4. The molecule has 108 valence electrons. The number of pyridine rings is 1. The minimum absolute atomic E-state index is 0.891. The number of fused-ring (bicyclic) bond motifs is 1. The lowest BCUT2D eigenvalue weighted by Gasteiger charge is -2.16. The smallest absolute Gasteiger partial charge is 0.0694 e. The van der Waals surface area contributed by atoms with Crippen LogP contribution >= 0.6 is 0 Å². The van der Waals surface area contributed by atoms with Crippen molar-refractivity contribution in [1.82, 2.24) is 15.2 Å². The second kappa shape index (κ2) is 5.56. The van der Waals surface area contributed by atoms with Crippen LogP contribution in [0.25, 0.3) is 17.0 Å². The van der Waals surface area contributed by atoms with Crippen molar-refractivity contribution in [2.45, 2.75) is 12.8 Å². The Morgan fingerprint density at radius 1 is 1.14 bits per heavy atom. The number of aliphatic imine (C=N–C) groups is 1. The Labute approximate surface area is 128 Å². The van der Waals surface area contributed by atoms with Crippen LogP contribution in [0.5, 0.6) is 0 Å². The molecule has 0 radical (unpaired) electrons. The molecule has 4 rings (SSSR count). The average Bonchev–Trinajstić information content (AvgIpc) is 3.04. The van der Waals surface area contributed by atoms with Gasteiger partial charge in [0.15, 0.2) is 0 Å². The summed E-state index contributed by atoms with van der Waals surface area (Å²) in [7, 11) is 0. The fourth-order valence-corrected chi connectivity index (χ4v) is 2.85. The van der Waals surface area contributed by atoms with E-state index in [1.165, 1.54) is 11.1 Å². The first-order valence-corrected chi connectivity index (χ1v) is 7.49. The molecule has 3 heterocycles. The number of nitrogens with one attached hydrogen (secondary N) is 1. The molecule has 1 N–H and O–H groups in total. The Morgan fingerprint density at radius 3 is 3.05 bits per heavy atom. The van der Waals surface area contributed by atoms with Crippen LogP contribution in [-0.4, -0.2) is 27.4 Å². The summed E-state index contributed by atoms with van der Waals surface area (Å²) < 4.78 is 0. The number of nitrogens with zero attached hydrogens (tertiary/aromatic N) is 3. The number of hydrogen-bond donors (Lipinski definition) is 1. The molecule has 22 heavy (non-hydrogen) atoms. The summed E-state index contributed by atoms with van der Waals surface area (Å²) in [5, 5.41) is 8.19. The predicted octanol–water partition coefficient (Wildman–Crippen LogP) is 3.62. The quantitative estimate of drug-likeness (QED) is 0.783. The molecule has 4 heteroatoms. The predicted molar refractivity (Wildman–Crippen MR) is 88.9 cm³/mol. The highest BCUT2D eigenvalue weighted by Gasteiger charge is 2.14. The molecule has 0 amide bonds. The van der Waals surface area contributed by atoms with Gasteiger partial charge in [-0.15, -0.1) is 0 Å². The van der Waals surface area contributed by atoms with E-state index < -0.39 is 0 Å². The van der Waals surface area contributed by atoms with Gasteiger partial charge in [-0.3, -0.25) is 15.1 Å². The summed E-state index contributed by atoms with van der Waals surface area (Å²) in [6.45, 7) is 0.891. The fourth-order valence-electron chi connectivity index (χ4n) is 2.85. The molecule has 0 aliphatic carbocycles. The maximum absolute atomic E-state index is 4.72. The van der Waals surface area contributed by atoms with E-state index in [1.54, 1.807) is 6.20 Å². The van der Waals surface area contributed by atoms with Gasteiger partial charge in [0.1, 0.15) is 0 Å². The Hall–Kier alpha value is -2.75. The van der Waals surface area contributed by atoms with Crippen LogP contribution in [0.2, 0.25) is 0 Å². The van der Waals surface area contributed by atoms with Gasteiger partial charge in [0.2, 0.25) is 0 Å². The van der Waals surface area contributed by atoms with E-state index in [1.807, 2.05) is 18.5 Å².